The summed E-state index contributed by atoms with van der Waals surface area (Å²) in [7, 11) is 0. The Hall–Kier alpha value is -2.24. The summed E-state index contributed by atoms with van der Waals surface area (Å²) in [5, 5.41) is 3.82. The van der Waals surface area contributed by atoms with E-state index in [1.807, 2.05) is 42.5 Å². The minimum absolute atomic E-state index is 0.0254. The van der Waals surface area contributed by atoms with E-state index in [0.717, 1.165) is 35.4 Å². The van der Waals surface area contributed by atoms with Gasteiger partial charge in [0, 0.05) is 16.0 Å². The minimum atomic E-state index is -0.152. The summed E-state index contributed by atoms with van der Waals surface area (Å²) in [6.07, 6.45) is 6.37. The third-order valence-corrected chi connectivity index (χ3v) is 7.09. The second-order valence-electron chi connectivity index (χ2n) is 7.96. The van der Waals surface area contributed by atoms with Gasteiger partial charge in [-0.2, -0.15) is 0 Å². The molecule has 4 rings (SSSR count). The molecule has 0 bridgehead atoms. The Labute approximate surface area is 186 Å². The predicted molar refractivity (Wildman–Crippen MR) is 124 cm³/mol. The van der Waals surface area contributed by atoms with Crippen molar-refractivity contribution in [1.82, 2.24) is 5.32 Å². The third kappa shape index (κ3) is 4.73. The molecule has 1 heterocycles. The van der Waals surface area contributed by atoms with E-state index >= 15 is 0 Å². The largest absolute Gasteiger partial charge is 0.352 e. The van der Waals surface area contributed by atoms with Crippen molar-refractivity contribution in [2.45, 2.75) is 43.5 Å². The molecule has 4 nitrogen and oxygen atoms in total. The van der Waals surface area contributed by atoms with Crippen LogP contribution in [-0.4, -0.2) is 24.4 Å². The van der Waals surface area contributed by atoms with Crippen molar-refractivity contribution in [3.8, 4) is 0 Å². The first-order chi connectivity index (χ1) is 14.5. The van der Waals surface area contributed by atoms with Crippen LogP contribution in [0.2, 0.25) is 5.02 Å². The lowest BCUT2D eigenvalue weighted by atomic mass is 9.86. The lowest BCUT2D eigenvalue weighted by molar-refractivity contribution is -0.123. The van der Waals surface area contributed by atoms with E-state index in [1.54, 1.807) is 17.0 Å². The van der Waals surface area contributed by atoms with Crippen molar-refractivity contribution in [3.05, 3.63) is 64.0 Å². The number of rotatable bonds is 4. The summed E-state index contributed by atoms with van der Waals surface area (Å²) in [6, 6.07) is 15.3. The molecule has 2 amide bonds. The summed E-state index contributed by atoms with van der Waals surface area (Å²) in [6.45, 7) is 2.21. The maximum absolute atomic E-state index is 13.3. The number of halogens is 1. The Morgan fingerprint density at radius 3 is 2.67 bits per heavy atom. The van der Waals surface area contributed by atoms with Crippen molar-refractivity contribution >= 4 is 46.9 Å². The molecule has 2 unspecified atom stereocenters. The molecule has 1 aliphatic heterocycles. The highest BCUT2D eigenvalue weighted by Crippen LogP contribution is 2.42. The monoisotopic (exact) mass is 440 g/mol. The Balaban J connectivity index is 1.56. The van der Waals surface area contributed by atoms with Crippen LogP contribution in [0.4, 0.5) is 5.69 Å². The second-order valence-corrected chi connectivity index (χ2v) is 9.48. The molecule has 30 heavy (non-hydrogen) atoms. The zero-order valence-electron chi connectivity index (χ0n) is 16.9. The summed E-state index contributed by atoms with van der Waals surface area (Å²) in [4.78, 5) is 29.3. The van der Waals surface area contributed by atoms with E-state index in [9.17, 15) is 9.59 Å². The number of thioether (sulfide) groups is 1. The number of carbonyl (C=O) groups is 2. The van der Waals surface area contributed by atoms with E-state index < -0.39 is 0 Å². The van der Waals surface area contributed by atoms with E-state index in [4.69, 9.17) is 11.6 Å². The van der Waals surface area contributed by atoms with Gasteiger partial charge < -0.3 is 5.32 Å². The number of anilines is 1. The molecule has 2 atom stereocenters. The highest BCUT2D eigenvalue weighted by molar-refractivity contribution is 8.04. The molecule has 2 aromatic rings. The van der Waals surface area contributed by atoms with E-state index in [1.165, 1.54) is 18.2 Å². The molecule has 0 radical (unpaired) electrons. The van der Waals surface area contributed by atoms with Gasteiger partial charge in [-0.3, -0.25) is 14.5 Å². The van der Waals surface area contributed by atoms with Gasteiger partial charge in [0.1, 0.15) is 6.54 Å². The number of nitrogens with one attached hydrogen (secondary N) is 1. The number of benzene rings is 2. The summed E-state index contributed by atoms with van der Waals surface area (Å²) in [5.74, 6) is 0.220. The van der Waals surface area contributed by atoms with Crippen molar-refractivity contribution in [3.63, 3.8) is 0 Å². The number of hydrogen-bond acceptors (Lipinski definition) is 3. The molecule has 1 saturated carbocycles. The fraction of sp³-hybridized carbons (Fsp3) is 0.333. The van der Waals surface area contributed by atoms with Crippen LogP contribution in [0.5, 0.6) is 0 Å². The topological polar surface area (TPSA) is 49.4 Å². The number of nitrogens with zero attached hydrogens (tertiary/aromatic N) is 1. The van der Waals surface area contributed by atoms with Crippen LogP contribution < -0.4 is 10.2 Å². The first kappa shape index (κ1) is 21.0. The van der Waals surface area contributed by atoms with Crippen molar-refractivity contribution in [1.29, 1.82) is 0 Å². The smallest absolute Gasteiger partial charge is 0.265 e. The van der Waals surface area contributed by atoms with Gasteiger partial charge in [0.2, 0.25) is 5.91 Å². The van der Waals surface area contributed by atoms with Crippen LogP contribution >= 0.6 is 23.4 Å². The molecule has 1 N–H and O–H groups in total. The Morgan fingerprint density at radius 2 is 1.90 bits per heavy atom. The highest BCUT2D eigenvalue weighted by atomic mass is 35.5. The molecular formula is C24H25ClN2O2S. The average molecular weight is 441 g/mol. The fourth-order valence-corrected chi connectivity index (χ4v) is 5.24. The first-order valence-corrected chi connectivity index (χ1v) is 11.6. The van der Waals surface area contributed by atoms with Crippen LogP contribution in [0.1, 0.15) is 38.2 Å². The molecule has 2 aliphatic rings. The maximum Gasteiger partial charge on any atom is 0.265 e. The molecule has 1 fully saturated rings. The van der Waals surface area contributed by atoms with Gasteiger partial charge >= 0.3 is 0 Å². The van der Waals surface area contributed by atoms with Crippen LogP contribution in [0.15, 0.2) is 58.3 Å². The van der Waals surface area contributed by atoms with Gasteiger partial charge in [-0.1, -0.05) is 67.4 Å². The van der Waals surface area contributed by atoms with Crippen LogP contribution in [0.3, 0.4) is 0 Å². The molecule has 6 heteroatoms. The van der Waals surface area contributed by atoms with Crippen molar-refractivity contribution in [2.75, 3.05) is 11.4 Å². The van der Waals surface area contributed by atoms with Crippen molar-refractivity contribution in [2.24, 2.45) is 5.92 Å². The Kier molecular flexibility index (Phi) is 6.49. The lowest BCUT2D eigenvalue weighted by Crippen LogP contribution is -2.48. The van der Waals surface area contributed by atoms with Gasteiger partial charge in [0.25, 0.3) is 5.91 Å². The van der Waals surface area contributed by atoms with Gasteiger partial charge in [0.05, 0.1) is 10.6 Å². The van der Waals surface area contributed by atoms with Gasteiger partial charge in [-0.05, 0) is 54.7 Å². The number of para-hydroxylation sites is 1. The lowest BCUT2D eigenvalue weighted by Gasteiger charge is -2.32. The van der Waals surface area contributed by atoms with Crippen LogP contribution in [0.25, 0.3) is 6.08 Å². The second kappa shape index (κ2) is 9.27. The third-order valence-electron chi connectivity index (χ3n) is 5.76. The molecule has 0 spiro atoms. The van der Waals surface area contributed by atoms with E-state index in [-0.39, 0.29) is 24.4 Å². The van der Waals surface area contributed by atoms with Gasteiger partial charge in [-0.15, -0.1) is 0 Å². The van der Waals surface area contributed by atoms with Gasteiger partial charge in [-0.25, -0.2) is 0 Å². The molecule has 2 aromatic carbocycles. The quantitative estimate of drug-likeness (QED) is 0.637. The zero-order chi connectivity index (χ0) is 21.1. The van der Waals surface area contributed by atoms with Gasteiger partial charge in [0.15, 0.2) is 0 Å². The first-order valence-electron chi connectivity index (χ1n) is 10.4. The fourth-order valence-electron chi connectivity index (χ4n) is 4.06. The standard InChI is InChI=1S/C24H25ClN2O2S/c1-16-6-2-3-7-19(16)26-23(28)15-27-20-8-4-5-9-21(20)30-22(24(27)29)14-17-10-12-18(25)13-11-17/h4-5,8-14,16,19H,2-3,6-7,15H2,1H3,(H,26,28)/b22-14+. The number of fused-ring (bicyclic) bond motifs is 1. The van der Waals surface area contributed by atoms with Crippen molar-refractivity contribution < 1.29 is 9.59 Å². The van der Waals surface area contributed by atoms with E-state index in [0.29, 0.717) is 15.8 Å². The zero-order valence-corrected chi connectivity index (χ0v) is 18.5. The SMILES string of the molecule is CC1CCCCC1NC(=O)CN1C(=O)/C(=C\c2ccc(Cl)cc2)Sc2ccccc21. The molecule has 1 aliphatic carbocycles. The Bertz CT molecular complexity index is 973. The summed E-state index contributed by atoms with van der Waals surface area (Å²) in [5.41, 5.74) is 1.68. The van der Waals surface area contributed by atoms with Crippen LogP contribution in [0, 0.1) is 5.92 Å². The number of carbonyl (C=O) groups excluding carboxylic acids is 2. The molecule has 156 valence electrons. The summed E-state index contributed by atoms with van der Waals surface area (Å²) >= 11 is 7.41. The number of amides is 2. The number of hydrogen-bond donors (Lipinski definition) is 1. The van der Waals surface area contributed by atoms with Crippen LogP contribution in [-0.2, 0) is 9.59 Å². The average Bonchev–Trinajstić information content (AvgIpc) is 2.74. The Morgan fingerprint density at radius 1 is 1.17 bits per heavy atom. The minimum Gasteiger partial charge on any atom is -0.352 e. The van der Waals surface area contributed by atoms with E-state index in [2.05, 4.69) is 12.2 Å². The molecular weight excluding hydrogens is 416 g/mol. The molecule has 0 saturated heterocycles. The maximum atomic E-state index is 13.3. The predicted octanol–water partition coefficient (Wildman–Crippen LogP) is 5.51. The molecule has 0 aromatic heterocycles. The normalized spacial score (nSPS) is 22.7. The highest BCUT2D eigenvalue weighted by Gasteiger charge is 2.31. The summed E-state index contributed by atoms with van der Waals surface area (Å²) < 4.78 is 0.